The van der Waals surface area contributed by atoms with Crippen LogP contribution in [-0.2, 0) is 0 Å². The molecule has 0 spiro atoms. The largest absolute Gasteiger partial charge is 0.324 e. The summed E-state index contributed by atoms with van der Waals surface area (Å²) in [6, 6.07) is 0.703. The molecule has 5 heteroatoms. The van der Waals surface area contributed by atoms with Gasteiger partial charge in [-0.3, -0.25) is 0 Å². The van der Waals surface area contributed by atoms with Crippen molar-refractivity contribution in [2.75, 3.05) is 24.2 Å². The van der Waals surface area contributed by atoms with E-state index in [1.807, 2.05) is 11.8 Å². The van der Waals surface area contributed by atoms with Gasteiger partial charge in [0, 0.05) is 24.3 Å². The molecular formula is C12H21N3OS. The molecule has 1 unspecified atom stereocenters. The predicted octanol–water partition coefficient (Wildman–Crippen LogP) is 2.91. The van der Waals surface area contributed by atoms with Gasteiger partial charge >= 0.3 is 6.01 Å². The van der Waals surface area contributed by atoms with Crippen molar-refractivity contribution in [3.8, 4) is 0 Å². The van der Waals surface area contributed by atoms with Crippen LogP contribution in [0.25, 0.3) is 0 Å². The van der Waals surface area contributed by atoms with Gasteiger partial charge in [0.1, 0.15) is 0 Å². The molecule has 1 atom stereocenters. The van der Waals surface area contributed by atoms with Gasteiger partial charge < -0.3 is 9.42 Å². The molecule has 1 fully saturated rings. The Morgan fingerprint density at radius 2 is 2.24 bits per heavy atom. The summed E-state index contributed by atoms with van der Waals surface area (Å²) in [5, 5.41) is 4.72. The lowest BCUT2D eigenvalue weighted by Crippen LogP contribution is -2.29. The maximum Gasteiger partial charge on any atom is 0.324 e. The van der Waals surface area contributed by atoms with Gasteiger partial charge in [0.25, 0.3) is 0 Å². The van der Waals surface area contributed by atoms with E-state index in [-0.39, 0.29) is 0 Å². The third kappa shape index (κ3) is 3.15. The molecule has 96 valence electrons. The lowest BCUT2D eigenvalue weighted by atomic mass is 10.2. The summed E-state index contributed by atoms with van der Waals surface area (Å²) in [6.45, 7) is 6.24. The molecule has 1 aromatic heterocycles. The molecule has 0 bridgehead atoms. The van der Waals surface area contributed by atoms with E-state index in [0.717, 1.165) is 18.9 Å². The van der Waals surface area contributed by atoms with Crippen molar-refractivity contribution < 1.29 is 4.52 Å². The third-order valence-electron chi connectivity index (χ3n) is 3.18. The zero-order chi connectivity index (χ0) is 12.3. The van der Waals surface area contributed by atoms with Crippen LogP contribution in [0.1, 0.15) is 44.9 Å². The van der Waals surface area contributed by atoms with E-state index in [1.54, 1.807) is 0 Å². The van der Waals surface area contributed by atoms with Gasteiger partial charge in [-0.05, 0) is 19.1 Å². The average molecular weight is 255 g/mol. The molecular weight excluding hydrogens is 234 g/mol. The highest BCUT2D eigenvalue weighted by Crippen LogP contribution is 2.24. The second kappa shape index (κ2) is 5.76. The topological polar surface area (TPSA) is 42.2 Å². The van der Waals surface area contributed by atoms with Crippen LogP contribution in [0.3, 0.4) is 0 Å². The maximum absolute atomic E-state index is 5.37. The lowest BCUT2D eigenvalue weighted by Gasteiger charge is -2.20. The third-order valence-corrected chi connectivity index (χ3v) is 4.23. The number of hydrogen-bond donors (Lipinski definition) is 0. The van der Waals surface area contributed by atoms with Crippen molar-refractivity contribution >= 4 is 17.8 Å². The quantitative estimate of drug-likeness (QED) is 0.830. The highest BCUT2D eigenvalue weighted by molar-refractivity contribution is 7.99. The Morgan fingerprint density at radius 3 is 2.88 bits per heavy atom. The van der Waals surface area contributed by atoms with Gasteiger partial charge in [0.2, 0.25) is 0 Å². The van der Waals surface area contributed by atoms with Gasteiger partial charge in [-0.25, -0.2) is 0 Å². The van der Waals surface area contributed by atoms with Crippen molar-refractivity contribution in [3.63, 3.8) is 0 Å². The van der Waals surface area contributed by atoms with Crippen LogP contribution in [0.5, 0.6) is 0 Å². The summed E-state index contributed by atoms with van der Waals surface area (Å²) in [4.78, 5) is 6.73. The normalized spacial score (nSPS) is 21.9. The molecule has 0 radical (unpaired) electrons. The fraction of sp³-hybridized carbons (Fsp3) is 0.833. The summed E-state index contributed by atoms with van der Waals surface area (Å²) in [7, 11) is 0. The molecule has 17 heavy (non-hydrogen) atoms. The van der Waals surface area contributed by atoms with E-state index in [9.17, 15) is 0 Å². The molecule has 1 aliphatic rings. The summed E-state index contributed by atoms with van der Waals surface area (Å²) < 4.78 is 5.37. The van der Waals surface area contributed by atoms with Crippen molar-refractivity contribution in [3.05, 3.63) is 5.82 Å². The first-order valence-electron chi connectivity index (χ1n) is 6.32. The minimum atomic E-state index is 0.329. The monoisotopic (exact) mass is 255 g/mol. The molecule has 0 amide bonds. The minimum Gasteiger partial charge on any atom is -0.323 e. The molecule has 4 nitrogen and oxygen atoms in total. The Labute approximate surface area is 107 Å². The Morgan fingerprint density at radius 1 is 1.41 bits per heavy atom. The van der Waals surface area contributed by atoms with Crippen molar-refractivity contribution in [1.29, 1.82) is 0 Å². The molecule has 2 rings (SSSR count). The van der Waals surface area contributed by atoms with Gasteiger partial charge in [0.05, 0.1) is 0 Å². The van der Waals surface area contributed by atoms with Gasteiger partial charge in [0.15, 0.2) is 5.82 Å². The number of rotatable bonds is 3. The van der Waals surface area contributed by atoms with Crippen LogP contribution in [0, 0.1) is 0 Å². The smallest absolute Gasteiger partial charge is 0.323 e. The highest BCUT2D eigenvalue weighted by Gasteiger charge is 2.22. The molecule has 1 aromatic rings. The summed E-state index contributed by atoms with van der Waals surface area (Å²) in [6.07, 6.45) is 5.99. The summed E-state index contributed by atoms with van der Waals surface area (Å²) >= 11 is 1.94. The lowest BCUT2D eigenvalue weighted by molar-refractivity contribution is 0.404. The fourth-order valence-corrected chi connectivity index (χ4v) is 2.79. The highest BCUT2D eigenvalue weighted by atomic mass is 32.2. The van der Waals surface area contributed by atoms with Crippen molar-refractivity contribution in [2.45, 2.75) is 44.3 Å². The summed E-state index contributed by atoms with van der Waals surface area (Å²) in [5.74, 6) is 1.14. The number of anilines is 1. The SMILES string of the molecule is CSC1CCCCN(c2nc(C(C)C)no2)C1. The van der Waals surface area contributed by atoms with Crippen LogP contribution in [0.4, 0.5) is 6.01 Å². The zero-order valence-electron chi connectivity index (χ0n) is 10.8. The predicted molar refractivity (Wildman–Crippen MR) is 71.8 cm³/mol. The van der Waals surface area contributed by atoms with E-state index < -0.39 is 0 Å². The van der Waals surface area contributed by atoms with Gasteiger partial charge in [-0.1, -0.05) is 25.4 Å². The number of thioether (sulfide) groups is 1. The fourth-order valence-electron chi connectivity index (χ4n) is 2.06. The van der Waals surface area contributed by atoms with E-state index in [4.69, 9.17) is 4.52 Å². The molecule has 0 aromatic carbocycles. The number of nitrogens with zero attached hydrogens (tertiary/aromatic N) is 3. The van der Waals surface area contributed by atoms with Crippen LogP contribution in [0.2, 0.25) is 0 Å². The Balaban J connectivity index is 2.08. The van der Waals surface area contributed by atoms with E-state index in [1.165, 1.54) is 19.3 Å². The first-order chi connectivity index (χ1) is 8.20. The number of hydrogen-bond acceptors (Lipinski definition) is 5. The molecule has 0 aliphatic carbocycles. The van der Waals surface area contributed by atoms with Crippen LogP contribution >= 0.6 is 11.8 Å². The van der Waals surface area contributed by atoms with Crippen LogP contribution in [-0.4, -0.2) is 34.7 Å². The molecule has 1 aliphatic heterocycles. The maximum atomic E-state index is 5.37. The first kappa shape index (κ1) is 12.7. The van der Waals surface area contributed by atoms with E-state index in [2.05, 4.69) is 35.1 Å². The number of aromatic nitrogens is 2. The molecule has 1 saturated heterocycles. The van der Waals surface area contributed by atoms with Gasteiger partial charge in [-0.15, -0.1) is 0 Å². The molecule has 0 N–H and O–H groups in total. The molecule has 0 saturated carbocycles. The molecule has 2 heterocycles. The Hall–Kier alpha value is -0.710. The summed E-state index contributed by atoms with van der Waals surface area (Å²) in [5.41, 5.74) is 0. The standard InChI is InChI=1S/C12H21N3OS/c1-9(2)11-13-12(16-14-11)15-7-5-4-6-10(8-15)17-3/h9-10H,4-8H2,1-3H3. The minimum absolute atomic E-state index is 0.329. The second-order valence-corrected chi connectivity index (χ2v) is 6.03. The second-order valence-electron chi connectivity index (χ2n) is 4.89. The van der Waals surface area contributed by atoms with E-state index in [0.29, 0.717) is 17.2 Å². The first-order valence-corrected chi connectivity index (χ1v) is 7.61. The Kier molecular flexibility index (Phi) is 4.31. The van der Waals surface area contributed by atoms with Crippen LogP contribution < -0.4 is 4.90 Å². The average Bonchev–Trinajstić information content (AvgIpc) is 2.69. The van der Waals surface area contributed by atoms with Crippen molar-refractivity contribution in [2.24, 2.45) is 0 Å². The Bertz CT molecular complexity index is 353. The van der Waals surface area contributed by atoms with Gasteiger partial charge in [-0.2, -0.15) is 16.7 Å². The van der Waals surface area contributed by atoms with E-state index >= 15 is 0 Å². The van der Waals surface area contributed by atoms with Crippen molar-refractivity contribution in [1.82, 2.24) is 10.1 Å². The zero-order valence-corrected chi connectivity index (χ0v) is 11.7. The van der Waals surface area contributed by atoms with Crippen LogP contribution in [0.15, 0.2) is 4.52 Å².